The van der Waals surface area contributed by atoms with Crippen molar-refractivity contribution in [2.24, 2.45) is 0 Å². The average molecular weight is 268 g/mol. The Balaban J connectivity index is 2.17. The van der Waals surface area contributed by atoms with E-state index in [9.17, 15) is 0 Å². The Morgan fingerprint density at radius 1 is 1.29 bits per heavy atom. The average Bonchev–Trinajstić information content (AvgIpc) is 2.55. The first-order valence-corrected chi connectivity index (χ1v) is 8.06. The summed E-state index contributed by atoms with van der Waals surface area (Å²) in [5.74, 6) is 3.22. The molecule has 2 rings (SSSR count). The van der Waals surface area contributed by atoms with Crippen molar-refractivity contribution >= 4 is 24.0 Å². The molecule has 0 spiro atoms. The predicted molar refractivity (Wildman–Crippen MR) is 77.1 cm³/mol. The lowest BCUT2D eigenvalue weighted by Gasteiger charge is -2.09. The van der Waals surface area contributed by atoms with E-state index in [1.54, 1.807) is 0 Å². The van der Waals surface area contributed by atoms with E-state index in [0.717, 1.165) is 29.1 Å². The molecule has 17 heavy (non-hydrogen) atoms. The molecule has 0 atom stereocenters. The molecular weight excluding hydrogens is 248 g/mol. The molecule has 0 saturated carbocycles. The zero-order chi connectivity index (χ0) is 12.1. The molecule has 4 heteroatoms. The van der Waals surface area contributed by atoms with Crippen LogP contribution in [0, 0.1) is 4.64 Å². The predicted octanol–water partition coefficient (Wildman–Crippen LogP) is 4.05. The van der Waals surface area contributed by atoms with Crippen molar-refractivity contribution in [1.29, 1.82) is 0 Å². The molecule has 0 aliphatic heterocycles. The third-order valence-electron chi connectivity index (χ3n) is 3.09. The van der Waals surface area contributed by atoms with Gasteiger partial charge in [0.15, 0.2) is 0 Å². The molecule has 1 heterocycles. The number of nitrogens with zero attached hydrogens (tertiary/aromatic N) is 1. The highest BCUT2D eigenvalue weighted by Gasteiger charge is 2.11. The molecule has 0 radical (unpaired) electrons. The van der Waals surface area contributed by atoms with Crippen LogP contribution in [0.25, 0.3) is 0 Å². The van der Waals surface area contributed by atoms with E-state index in [1.165, 1.54) is 42.7 Å². The highest BCUT2D eigenvalue weighted by atomic mass is 32.2. The topological polar surface area (TPSA) is 28.7 Å². The van der Waals surface area contributed by atoms with Crippen LogP contribution in [0.2, 0.25) is 0 Å². The largest absolute Gasteiger partial charge is 0.346 e. The number of aromatic nitrogens is 2. The Morgan fingerprint density at radius 2 is 2.12 bits per heavy atom. The molecule has 0 unspecified atom stereocenters. The van der Waals surface area contributed by atoms with Crippen LogP contribution < -0.4 is 0 Å². The van der Waals surface area contributed by atoms with Gasteiger partial charge in [0.05, 0.1) is 5.75 Å². The number of aromatic amines is 1. The lowest BCUT2D eigenvalue weighted by molar-refractivity contribution is 0.708. The van der Waals surface area contributed by atoms with Gasteiger partial charge in [-0.3, -0.25) is 0 Å². The van der Waals surface area contributed by atoms with Crippen molar-refractivity contribution < 1.29 is 0 Å². The van der Waals surface area contributed by atoms with Crippen LogP contribution in [-0.4, -0.2) is 15.7 Å². The molecular formula is C13H20N2S2. The Bertz CT molecular complexity index is 426. The van der Waals surface area contributed by atoms with Crippen molar-refractivity contribution in [3.8, 4) is 0 Å². The van der Waals surface area contributed by atoms with Crippen molar-refractivity contribution in [2.75, 3.05) is 5.75 Å². The zero-order valence-electron chi connectivity index (χ0n) is 10.4. The Kier molecular flexibility index (Phi) is 5.04. The van der Waals surface area contributed by atoms with Crippen LogP contribution in [0.3, 0.4) is 0 Å². The smallest absolute Gasteiger partial charge is 0.133 e. The maximum atomic E-state index is 5.42. The summed E-state index contributed by atoms with van der Waals surface area (Å²) in [6, 6.07) is 0. The van der Waals surface area contributed by atoms with Crippen LogP contribution in [0.5, 0.6) is 0 Å². The Labute approximate surface area is 113 Å². The molecule has 1 aromatic heterocycles. The van der Waals surface area contributed by atoms with E-state index < -0.39 is 0 Å². The SMILES string of the molecule is CCCSCc1nc(=S)c2c([nH]1)CCCCC2. The quantitative estimate of drug-likeness (QED) is 0.507. The normalized spacial score (nSPS) is 15.4. The summed E-state index contributed by atoms with van der Waals surface area (Å²) in [4.78, 5) is 8.04. The number of rotatable bonds is 4. The van der Waals surface area contributed by atoms with Gasteiger partial charge in [0.1, 0.15) is 10.5 Å². The van der Waals surface area contributed by atoms with Gasteiger partial charge < -0.3 is 4.98 Å². The van der Waals surface area contributed by atoms with Gasteiger partial charge in [0, 0.05) is 11.3 Å². The Hall–Kier alpha value is -0.350. The summed E-state index contributed by atoms with van der Waals surface area (Å²) in [7, 11) is 0. The van der Waals surface area contributed by atoms with E-state index in [2.05, 4.69) is 16.9 Å². The van der Waals surface area contributed by atoms with Crippen LogP contribution >= 0.6 is 24.0 Å². The molecule has 2 nitrogen and oxygen atoms in total. The summed E-state index contributed by atoms with van der Waals surface area (Å²) < 4.78 is 0.841. The van der Waals surface area contributed by atoms with Crippen molar-refractivity contribution in [2.45, 2.75) is 51.2 Å². The van der Waals surface area contributed by atoms with Gasteiger partial charge >= 0.3 is 0 Å². The standard InChI is InChI=1S/C13H20N2S2/c1-2-8-17-9-12-14-11-7-5-3-4-6-10(11)13(16)15-12/h2-9H2,1H3,(H,14,15,16). The maximum Gasteiger partial charge on any atom is 0.133 e. The van der Waals surface area contributed by atoms with Gasteiger partial charge in [-0.2, -0.15) is 11.8 Å². The summed E-state index contributed by atoms with van der Waals surface area (Å²) in [5, 5.41) is 0. The van der Waals surface area contributed by atoms with Gasteiger partial charge in [0.2, 0.25) is 0 Å². The van der Waals surface area contributed by atoms with E-state index in [1.807, 2.05) is 11.8 Å². The number of nitrogens with one attached hydrogen (secondary N) is 1. The fraction of sp³-hybridized carbons (Fsp3) is 0.692. The number of aryl methyl sites for hydroxylation is 1. The summed E-state index contributed by atoms with van der Waals surface area (Å²) in [6.45, 7) is 2.21. The zero-order valence-corrected chi connectivity index (χ0v) is 12.1. The number of hydrogen-bond acceptors (Lipinski definition) is 3. The molecule has 0 aromatic carbocycles. The first-order valence-electron chi connectivity index (χ1n) is 6.50. The van der Waals surface area contributed by atoms with Crippen LogP contribution in [0.15, 0.2) is 0 Å². The monoisotopic (exact) mass is 268 g/mol. The van der Waals surface area contributed by atoms with E-state index in [4.69, 9.17) is 12.2 Å². The molecule has 94 valence electrons. The molecule has 0 amide bonds. The molecule has 1 aromatic rings. The number of H-pyrrole nitrogens is 1. The fourth-order valence-electron chi connectivity index (χ4n) is 2.23. The third kappa shape index (κ3) is 3.55. The summed E-state index contributed by atoms with van der Waals surface area (Å²) in [5.41, 5.74) is 2.66. The van der Waals surface area contributed by atoms with E-state index in [-0.39, 0.29) is 0 Å². The fourth-order valence-corrected chi connectivity index (χ4v) is 3.33. The third-order valence-corrected chi connectivity index (χ3v) is 4.61. The van der Waals surface area contributed by atoms with Crippen molar-refractivity contribution in [3.63, 3.8) is 0 Å². The number of fused-ring (bicyclic) bond motifs is 1. The minimum absolute atomic E-state index is 0.841. The number of hydrogen-bond donors (Lipinski definition) is 1. The maximum absolute atomic E-state index is 5.42. The van der Waals surface area contributed by atoms with Gasteiger partial charge in [0.25, 0.3) is 0 Å². The second-order valence-electron chi connectivity index (χ2n) is 4.56. The second-order valence-corrected chi connectivity index (χ2v) is 6.05. The lowest BCUT2D eigenvalue weighted by Crippen LogP contribution is -2.04. The molecule has 0 bridgehead atoms. The lowest BCUT2D eigenvalue weighted by atomic mass is 10.1. The van der Waals surface area contributed by atoms with Crippen molar-refractivity contribution in [3.05, 3.63) is 21.7 Å². The van der Waals surface area contributed by atoms with E-state index >= 15 is 0 Å². The van der Waals surface area contributed by atoms with Crippen LogP contribution in [0.1, 0.15) is 49.7 Å². The van der Waals surface area contributed by atoms with Gasteiger partial charge in [-0.1, -0.05) is 25.6 Å². The molecule has 0 fully saturated rings. The van der Waals surface area contributed by atoms with Crippen LogP contribution in [0.4, 0.5) is 0 Å². The highest BCUT2D eigenvalue weighted by molar-refractivity contribution is 7.98. The minimum atomic E-state index is 0.841. The molecule has 0 saturated heterocycles. The van der Waals surface area contributed by atoms with Crippen molar-refractivity contribution in [1.82, 2.24) is 9.97 Å². The first kappa shape index (κ1) is 13.1. The Morgan fingerprint density at radius 3 is 2.94 bits per heavy atom. The molecule has 1 aliphatic rings. The molecule has 1 N–H and O–H groups in total. The summed E-state index contributed by atoms with van der Waals surface area (Å²) in [6.07, 6.45) is 7.33. The van der Waals surface area contributed by atoms with E-state index in [0.29, 0.717) is 0 Å². The van der Waals surface area contributed by atoms with Crippen LogP contribution in [-0.2, 0) is 18.6 Å². The second kappa shape index (κ2) is 6.55. The van der Waals surface area contributed by atoms with Gasteiger partial charge in [-0.05, 0) is 37.9 Å². The molecule has 1 aliphatic carbocycles. The highest BCUT2D eigenvalue weighted by Crippen LogP contribution is 2.20. The van der Waals surface area contributed by atoms with Gasteiger partial charge in [-0.25, -0.2) is 4.98 Å². The van der Waals surface area contributed by atoms with Gasteiger partial charge in [-0.15, -0.1) is 0 Å². The first-order chi connectivity index (χ1) is 8.31. The summed E-state index contributed by atoms with van der Waals surface area (Å²) >= 11 is 7.36. The minimum Gasteiger partial charge on any atom is -0.346 e. The number of thioether (sulfide) groups is 1.